The number of ether oxygens (including phenoxy) is 2. The molecule has 3 atom stereocenters. The van der Waals surface area contributed by atoms with Crippen LogP contribution in [-0.2, 0) is 16.6 Å². The van der Waals surface area contributed by atoms with Gasteiger partial charge in [-0.1, -0.05) is 13.0 Å². The van der Waals surface area contributed by atoms with E-state index in [1.807, 2.05) is 0 Å². The number of fused-ring (bicyclic) bond motifs is 2. The van der Waals surface area contributed by atoms with Gasteiger partial charge in [0, 0.05) is 16.5 Å². The Labute approximate surface area is 226 Å². The molecule has 5 rings (SSSR count). The van der Waals surface area contributed by atoms with Crippen LogP contribution in [-0.4, -0.2) is 52.4 Å². The molecule has 2 aliphatic rings. The number of hydrogen-bond donors (Lipinski definition) is 4. The first-order valence-electron chi connectivity index (χ1n) is 12.3. The van der Waals surface area contributed by atoms with Crippen molar-refractivity contribution >= 4 is 16.9 Å². The molecule has 2 aromatic heterocycles. The lowest BCUT2D eigenvalue weighted by Crippen LogP contribution is -2.52. The van der Waals surface area contributed by atoms with Crippen molar-refractivity contribution in [1.29, 1.82) is 0 Å². The Kier molecular flexibility index (Phi) is 6.42. The number of benzene rings is 1. The Morgan fingerprint density at radius 2 is 2.05 bits per heavy atom. The fourth-order valence-electron chi connectivity index (χ4n) is 4.84. The molecule has 0 saturated heterocycles. The van der Waals surface area contributed by atoms with Gasteiger partial charge in [0.15, 0.2) is 0 Å². The van der Waals surface area contributed by atoms with Gasteiger partial charge in [0.2, 0.25) is 5.60 Å². The van der Waals surface area contributed by atoms with Gasteiger partial charge in [0.05, 0.1) is 42.4 Å². The fourth-order valence-corrected chi connectivity index (χ4v) is 4.84. The molecule has 1 aliphatic heterocycles. The summed E-state index contributed by atoms with van der Waals surface area (Å²) in [5, 5.41) is 13.4. The molecule has 0 spiro atoms. The van der Waals surface area contributed by atoms with E-state index >= 15 is 0 Å². The number of amides is 1. The predicted molar refractivity (Wildman–Crippen MR) is 137 cm³/mol. The molecule has 1 aromatic carbocycles. The Morgan fingerprint density at radius 1 is 1.30 bits per heavy atom. The molecule has 3 aromatic rings. The van der Waals surface area contributed by atoms with E-state index in [0.717, 1.165) is 6.07 Å². The molecular formula is C27H27F4N5O4. The van der Waals surface area contributed by atoms with Gasteiger partial charge in [-0.2, -0.15) is 13.2 Å². The number of aromatic amines is 1. The largest absolute Gasteiger partial charge is 0.494 e. The number of nitrogens with two attached hydrogens (primary N) is 1. The van der Waals surface area contributed by atoms with E-state index in [-0.39, 0.29) is 41.3 Å². The first kappa shape index (κ1) is 27.6. The molecule has 0 radical (unpaired) electrons. The minimum atomic E-state index is -5.26. The van der Waals surface area contributed by atoms with Crippen molar-refractivity contribution < 1.29 is 36.9 Å². The normalized spacial score (nSPS) is 23.8. The Morgan fingerprint density at radius 3 is 2.70 bits per heavy atom. The highest BCUT2D eigenvalue weighted by Gasteiger charge is 2.57. The number of nitrogens with zero attached hydrogens (tertiary/aromatic N) is 2. The molecule has 212 valence electrons. The van der Waals surface area contributed by atoms with Crippen LogP contribution in [0.25, 0.3) is 11.0 Å². The number of methoxy groups -OCH3 is 1. The molecule has 0 saturated carbocycles. The van der Waals surface area contributed by atoms with E-state index in [2.05, 4.69) is 20.3 Å². The van der Waals surface area contributed by atoms with Gasteiger partial charge in [-0.05, 0) is 43.7 Å². The number of aromatic nitrogens is 3. The van der Waals surface area contributed by atoms with Crippen LogP contribution in [0, 0.1) is 0 Å². The molecule has 3 heterocycles. The summed E-state index contributed by atoms with van der Waals surface area (Å²) in [5.41, 5.74) is 0.843. The van der Waals surface area contributed by atoms with Crippen molar-refractivity contribution in [3.8, 4) is 11.5 Å². The van der Waals surface area contributed by atoms with E-state index in [4.69, 9.17) is 15.2 Å². The molecule has 1 amide bonds. The number of H-pyrrole nitrogens is 1. The number of imidazole rings is 1. The minimum Gasteiger partial charge on any atom is -0.494 e. The van der Waals surface area contributed by atoms with Gasteiger partial charge in [-0.25, -0.2) is 14.4 Å². The number of rotatable bonds is 6. The first-order valence-corrected chi connectivity index (χ1v) is 12.3. The van der Waals surface area contributed by atoms with Crippen LogP contribution in [0.2, 0.25) is 0 Å². The van der Waals surface area contributed by atoms with E-state index < -0.39 is 46.7 Å². The summed E-state index contributed by atoms with van der Waals surface area (Å²) in [6.45, 7) is 1.96. The summed E-state index contributed by atoms with van der Waals surface area (Å²) >= 11 is 0. The molecular weight excluding hydrogens is 534 g/mol. The van der Waals surface area contributed by atoms with E-state index in [9.17, 15) is 27.5 Å². The summed E-state index contributed by atoms with van der Waals surface area (Å²) < 4.78 is 68.5. The summed E-state index contributed by atoms with van der Waals surface area (Å²) in [6.07, 6.45) is 0.179. The van der Waals surface area contributed by atoms with Gasteiger partial charge in [0.25, 0.3) is 5.91 Å². The third-order valence-corrected chi connectivity index (χ3v) is 7.35. The third kappa shape index (κ3) is 4.48. The lowest BCUT2D eigenvalue weighted by molar-refractivity contribution is -0.265. The number of carbonyl (C=O) groups excluding carboxylic acids is 1. The molecule has 5 N–H and O–H groups in total. The van der Waals surface area contributed by atoms with Crippen molar-refractivity contribution in [2.75, 3.05) is 20.3 Å². The van der Waals surface area contributed by atoms with E-state index in [1.54, 1.807) is 13.8 Å². The maximum Gasteiger partial charge on any atom is 0.424 e. The lowest BCUT2D eigenvalue weighted by Gasteiger charge is -2.34. The quantitative estimate of drug-likeness (QED) is 0.337. The molecule has 1 aliphatic carbocycles. The molecule has 0 bridgehead atoms. The fraction of sp³-hybridized carbons (Fsp3) is 0.370. The van der Waals surface area contributed by atoms with Crippen LogP contribution in [0.3, 0.4) is 0 Å². The molecule has 3 unspecified atom stereocenters. The highest BCUT2D eigenvalue weighted by atomic mass is 19.4. The smallest absolute Gasteiger partial charge is 0.424 e. The zero-order chi connectivity index (χ0) is 29.1. The monoisotopic (exact) mass is 561 g/mol. The Balaban J connectivity index is 1.56. The number of aliphatic hydroxyl groups is 1. The van der Waals surface area contributed by atoms with Crippen LogP contribution >= 0.6 is 0 Å². The number of allylic oxidation sites excluding steroid dienone is 4. The van der Waals surface area contributed by atoms with Crippen LogP contribution in [0.15, 0.2) is 48.6 Å². The summed E-state index contributed by atoms with van der Waals surface area (Å²) in [4.78, 5) is 24.1. The summed E-state index contributed by atoms with van der Waals surface area (Å²) in [5.74, 6) is -0.963. The van der Waals surface area contributed by atoms with Crippen LogP contribution < -0.4 is 20.5 Å². The topological polar surface area (TPSA) is 135 Å². The SMILES string of the molecule is COc1cc(C(=O)NCC(O)(c2cc3c(c(C4(C)C=CC(F)=CC4)n2)OCC3(C)N)C(F)(F)F)cc2[nH]cnc12. The second kappa shape index (κ2) is 9.30. The van der Waals surface area contributed by atoms with Crippen LogP contribution in [0.4, 0.5) is 17.6 Å². The van der Waals surface area contributed by atoms with Crippen LogP contribution in [0.5, 0.6) is 11.5 Å². The third-order valence-electron chi connectivity index (χ3n) is 7.35. The standard InChI is InChI=1S/C27H27F4N5O4/c1-24(6-4-15(28)5-7-24)22-21-16(25(2,32)12-40-21)10-19(36-22)26(38,27(29,30)31)11-33-23(37)14-8-17-20(35-13-34-17)18(9-14)39-3/h4-6,8-10,13,38H,7,11-12,32H2,1-3H3,(H,33,37)(H,34,35). The van der Waals surface area contributed by atoms with Gasteiger partial charge in [0.1, 0.15) is 29.4 Å². The Bertz CT molecular complexity index is 1560. The van der Waals surface area contributed by atoms with Crippen molar-refractivity contribution in [3.05, 3.63) is 71.1 Å². The van der Waals surface area contributed by atoms with E-state index in [1.165, 1.54) is 43.8 Å². The molecule has 0 fully saturated rings. The van der Waals surface area contributed by atoms with Crippen molar-refractivity contribution in [3.63, 3.8) is 0 Å². The van der Waals surface area contributed by atoms with Crippen molar-refractivity contribution in [2.24, 2.45) is 5.73 Å². The maximum absolute atomic E-state index is 14.6. The van der Waals surface area contributed by atoms with Crippen molar-refractivity contribution in [2.45, 2.75) is 43.0 Å². The van der Waals surface area contributed by atoms with Gasteiger partial charge >= 0.3 is 6.18 Å². The number of pyridine rings is 1. The van der Waals surface area contributed by atoms with Gasteiger partial charge in [-0.3, -0.25) is 4.79 Å². The highest BCUT2D eigenvalue weighted by Crippen LogP contribution is 2.48. The second-order valence-electron chi connectivity index (χ2n) is 10.5. The average Bonchev–Trinajstić information content (AvgIpc) is 3.51. The number of alkyl halides is 3. The Hall–Kier alpha value is -3.97. The minimum absolute atomic E-state index is 0.0164. The van der Waals surface area contributed by atoms with E-state index in [0.29, 0.717) is 11.0 Å². The van der Waals surface area contributed by atoms with Gasteiger partial charge in [-0.15, -0.1) is 0 Å². The zero-order valence-electron chi connectivity index (χ0n) is 21.8. The average molecular weight is 562 g/mol. The summed E-state index contributed by atoms with van der Waals surface area (Å²) in [6, 6.07) is 3.78. The highest BCUT2D eigenvalue weighted by molar-refractivity contribution is 5.99. The number of nitrogens with one attached hydrogen (secondary N) is 2. The molecule has 40 heavy (non-hydrogen) atoms. The zero-order valence-corrected chi connectivity index (χ0v) is 21.8. The maximum atomic E-state index is 14.6. The summed E-state index contributed by atoms with van der Waals surface area (Å²) in [7, 11) is 1.37. The second-order valence-corrected chi connectivity index (χ2v) is 10.5. The molecule has 9 nitrogen and oxygen atoms in total. The first-order chi connectivity index (χ1) is 18.7. The number of carbonyl (C=O) groups is 1. The lowest BCUT2D eigenvalue weighted by atomic mass is 9.77. The predicted octanol–water partition coefficient (Wildman–Crippen LogP) is 3.78. The number of hydrogen-bond acceptors (Lipinski definition) is 7. The molecule has 13 heteroatoms. The van der Waals surface area contributed by atoms with Crippen molar-refractivity contribution in [1.82, 2.24) is 20.3 Å². The number of halogens is 4. The van der Waals surface area contributed by atoms with Crippen LogP contribution in [0.1, 0.15) is 47.6 Å². The van der Waals surface area contributed by atoms with Gasteiger partial charge < -0.3 is 30.6 Å².